The number of amides is 1. The van der Waals surface area contributed by atoms with Gasteiger partial charge in [0, 0.05) is 28.2 Å². The Morgan fingerprint density at radius 1 is 1.35 bits per heavy atom. The zero-order valence-corrected chi connectivity index (χ0v) is 13.4. The summed E-state index contributed by atoms with van der Waals surface area (Å²) >= 11 is 0. The van der Waals surface area contributed by atoms with Crippen molar-refractivity contribution in [2.24, 2.45) is 5.41 Å². The van der Waals surface area contributed by atoms with Gasteiger partial charge in [-0.05, 0) is 18.2 Å². The van der Waals surface area contributed by atoms with Gasteiger partial charge >= 0.3 is 0 Å². The lowest BCUT2D eigenvalue weighted by Gasteiger charge is -2.18. The van der Waals surface area contributed by atoms with E-state index in [0.29, 0.717) is 11.3 Å². The van der Waals surface area contributed by atoms with Gasteiger partial charge in [0.2, 0.25) is 5.91 Å². The lowest BCUT2D eigenvalue weighted by atomic mass is 9.95. The molecule has 0 radical (unpaired) electrons. The topological polar surface area (TPSA) is 72.5 Å². The van der Waals surface area contributed by atoms with Gasteiger partial charge < -0.3 is 10.1 Å². The highest BCUT2D eigenvalue weighted by molar-refractivity contribution is 8.13. The maximum absolute atomic E-state index is 11.8. The molecule has 0 heterocycles. The van der Waals surface area contributed by atoms with Crippen LogP contribution in [0.15, 0.2) is 23.1 Å². The monoisotopic (exact) mass is 319 g/mol. The molecule has 20 heavy (non-hydrogen) atoms. The fraction of sp³-hybridized carbons (Fsp3) is 0.462. The summed E-state index contributed by atoms with van der Waals surface area (Å²) in [5.74, 6) is 0.349. The van der Waals surface area contributed by atoms with E-state index in [1.807, 2.05) is 0 Å². The summed E-state index contributed by atoms with van der Waals surface area (Å²) < 4.78 is 27.8. The molecule has 0 saturated carbocycles. The van der Waals surface area contributed by atoms with E-state index in [-0.39, 0.29) is 17.3 Å². The molecular weight excluding hydrogens is 302 g/mol. The molecule has 0 unspecified atom stereocenters. The second kappa shape index (κ2) is 6.01. The molecule has 0 aliphatic carbocycles. The molecule has 0 spiro atoms. The molecule has 112 valence electrons. The Morgan fingerprint density at radius 2 is 1.95 bits per heavy atom. The summed E-state index contributed by atoms with van der Waals surface area (Å²) in [5, 5.41) is 2.74. The van der Waals surface area contributed by atoms with Crippen molar-refractivity contribution in [3.63, 3.8) is 0 Å². The summed E-state index contributed by atoms with van der Waals surface area (Å²) in [4.78, 5) is 11.8. The molecule has 0 fully saturated rings. The average molecular weight is 320 g/mol. The van der Waals surface area contributed by atoms with Gasteiger partial charge in [-0.3, -0.25) is 4.79 Å². The first-order valence-electron chi connectivity index (χ1n) is 5.95. The Hall–Kier alpha value is -1.27. The molecule has 5 nitrogen and oxygen atoms in total. The molecule has 0 saturated heterocycles. The number of hydrogen-bond donors (Lipinski definition) is 1. The minimum Gasteiger partial charge on any atom is -0.496 e. The quantitative estimate of drug-likeness (QED) is 0.864. The normalized spacial score (nSPS) is 12.1. The highest BCUT2D eigenvalue weighted by Gasteiger charge is 2.21. The van der Waals surface area contributed by atoms with E-state index in [1.165, 1.54) is 25.3 Å². The molecule has 0 aromatic heterocycles. The lowest BCUT2D eigenvalue weighted by Crippen LogP contribution is -2.34. The third kappa shape index (κ3) is 4.38. The summed E-state index contributed by atoms with van der Waals surface area (Å²) in [6.45, 7) is 5.54. The van der Waals surface area contributed by atoms with Crippen LogP contribution in [0.3, 0.4) is 0 Å². The molecule has 1 amide bonds. The van der Waals surface area contributed by atoms with E-state index in [2.05, 4.69) is 5.32 Å². The Labute approximate surface area is 123 Å². The van der Waals surface area contributed by atoms with Crippen LogP contribution in [0.25, 0.3) is 0 Å². The minimum atomic E-state index is -3.81. The van der Waals surface area contributed by atoms with Gasteiger partial charge in [0.05, 0.1) is 12.0 Å². The summed E-state index contributed by atoms with van der Waals surface area (Å²) in [6, 6.07) is 4.26. The average Bonchev–Trinajstić information content (AvgIpc) is 2.33. The second-order valence-electron chi connectivity index (χ2n) is 5.34. The number of halogens is 1. The van der Waals surface area contributed by atoms with Crippen LogP contribution in [0.2, 0.25) is 0 Å². The zero-order valence-electron chi connectivity index (χ0n) is 11.9. The van der Waals surface area contributed by atoms with E-state index < -0.39 is 14.5 Å². The number of ether oxygens (including phenoxy) is 1. The van der Waals surface area contributed by atoms with Crippen molar-refractivity contribution < 1.29 is 17.9 Å². The maximum atomic E-state index is 11.8. The molecule has 1 aromatic carbocycles. The van der Waals surface area contributed by atoms with Crippen molar-refractivity contribution in [2.45, 2.75) is 32.2 Å². The molecule has 1 aromatic rings. The third-order valence-electron chi connectivity index (χ3n) is 2.65. The first-order chi connectivity index (χ1) is 9.05. The Balaban J connectivity index is 3.01. The number of nitrogens with one attached hydrogen (secondary N) is 1. The number of rotatable bonds is 4. The standard InChI is InChI=1S/C13H18ClNO4S/c1-13(2,3)12(16)15-8-9-7-10(20(14,17)18)5-6-11(9)19-4/h5-7H,8H2,1-4H3,(H,15,16). The number of carbonyl (C=O) groups is 1. The SMILES string of the molecule is COc1ccc(S(=O)(=O)Cl)cc1CNC(=O)C(C)(C)C. The molecule has 0 bridgehead atoms. The maximum Gasteiger partial charge on any atom is 0.261 e. The van der Waals surface area contributed by atoms with Gasteiger partial charge in [-0.25, -0.2) is 8.42 Å². The van der Waals surface area contributed by atoms with Crippen LogP contribution < -0.4 is 10.1 Å². The van der Waals surface area contributed by atoms with Crippen LogP contribution in [0.1, 0.15) is 26.3 Å². The summed E-state index contributed by atoms with van der Waals surface area (Å²) in [7, 11) is 2.96. The first kappa shape index (κ1) is 16.8. The van der Waals surface area contributed by atoms with E-state index in [9.17, 15) is 13.2 Å². The van der Waals surface area contributed by atoms with Crippen LogP contribution in [0.5, 0.6) is 5.75 Å². The molecule has 0 aliphatic rings. The van der Waals surface area contributed by atoms with Gasteiger partial charge in [0.15, 0.2) is 0 Å². The summed E-state index contributed by atoms with van der Waals surface area (Å²) in [6.07, 6.45) is 0. The smallest absolute Gasteiger partial charge is 0.261 e. The van der Waals surface area contributed by atoms with Crippen LogP contribution in [-0.2, 0) is 20.4 Å². The van der Waals surface area contributed by atoms with Crippen LogP contribution >= 0.6 is 10.7 Å². The first-order valence-corrected chi connectivity index (χ1v) is 8.26. The molecule has 0 aliphatic heterocycles. The minimum absolute atomic E-state index is 0.0278. The summed E-state index contributed by atoms with van der Waals surface area (Å²) in [5.41, 5.74) is 0.0236. The van der Waals surface area contributed by atoms with E-state index in [1.54, 1.807) is 20.8 Å². The molecule has 1 N–H and O–H groups in total. The van der Waals surface area contributed by atoms with Gasteiger partial charge in [-0.2, -0.15) is 0 Å². The number of methoxy groups -OCH3 is 1. The second-order valence-corrected chi connectivity index (χ2v) is 7.91. The van der Waals surface area contributed by atoms with Crippen molar-refractivity contribution >= 4 is 25.6 Å². The van der Waals surface area contributed by atoms with Crippen molar-refractivity contribution in [3.05, 3.63) is 23.8 Å². The predicted octanol–water partition coefficient (Wildman–Crippen LogP) is 2.29. The van der Waals surface area contributed by atoms with Gasteiger partial charge in [-0.15, -0.1) is 0 Å². The molecule has 1 rings (SSSR count). The lowest BCUT2D eigenvalue weighted by molar-refractivity contribution is -0.128. The highest BCUT2D eigenvalue weighted by Crippen LogP contribution is 2.24. The van der Waals surface area contributed by atoms with Crippen molar-refractivity contribution in [2.75, 3.05) is 7.11 Å². The highest BCUT2D eigenvalue weighted by atomic mass is 35.7. The fourth-order valence-corrected chi connectivity index (χ4v) is 2.29. The predicted molar refractivity (Wildman–Crippen MR) is 77.3 cm³/mol. The van der Waals surface area contributed by atoms with Crippen LogP contribution in [-0.4, -0.2) is 21.4 Å². The van der Waals surface area contributed by atoms with Crippen molar-refractivity contribution in [1.82, 2.24) is 5.32 Å². The van der Waals surface area contributed by atoms with E-state index in [4.69, 9.17) is 15.4 Å². The number of benzene rings is 1. The van der Waals surface area contributed by atoms with Crippen LogP contribution in [0.4, 0.5) is 0 Å². The van der Waals surface area contributed by atoms with Gasteiger partial charge in [0.1, 0.15) is 5.75 Å². The fourth-order valence-electron chi connectivity index (χ4n) is 1.49. The zero-order chi connectivity index (χ0) is 15.6. The van der Waals surface area contributed by atoms with E-state index in [0.717, 1.165) is 0 Å². The number of hydrogen-bond acceptors (Lipinski definition) is 4. The Morgan fingerprint density at radius 3 is 2.40 bits per heavy atom. The molecule has 7 heteroatoms. The molecule has 0 atom stereocenters. The van der Waals surface area contributed by atoms with Gasteiger partial charge in [0.25, 0.3) is 9.05 Å². The van der Waals surface area contributed by atoms with Crippen molar-refractivity contribution in [1.29, 1.82) is 0 Å². The Bertz CT molecular complexity index is 605. The molecular formula is C13H18ClNO4S. The van der Waals surface area contributed by atoms with E-state index >= 15 is 0 Å². The largest absolute Gasteiger partial charge is 0.496 e. The van der Waals surface area contributed by atoms with Crippen molar-refractivity contribution in [3.8, 4) is 5.75 Å². The third-order valence-corrected chi connectivity index (χ3v) is 4.01. The number of carbonyl (C=O) groups excluding carboxylic acids is 1. The van der Waals surface area contributed by atoms with Crippen LogP contribution in [0, 0.1) is 5.41 Å². The Kier molecular flexibility index (Phi) is 5.05. The van der Waals surface area contributed by atoms with Gasteiger partial charge in [-0.1, -0.05) is 20.8 Å².